The van der Waals surface area contributed by atoms with Crippen LogP contribution in [0, 0.1) is 0 Å². The van der Waals surface area contributed by atoms with Crippen LogP contribution in [0.4, 0.5) is 13.2 Å². The van der Waals surface area contributed by atoms with Gasteiger partial charge in [0.05, 0.1) is 17.9 Å². The monoisotopic (exact) mass is 479 g/mol. The molecule has 2 aromatic rings. The van der Waals surface area contributed by atoms with Crippen molar-refractivity contribution in [1.82, 2.24) is 14.9 Å². The third-order valence-corrected chi connectivity index (χ3v) is 4.84. The third kappa shape index (κ3) is 6.99. The van der Waals surface area contributed by atoms with Gasteiger partial charge in [0.25, 0.3) is 0 Å². The Kier molecular flexibility index (Phi) is 7.84. The molecule has 1 saturated heterocycles. The molecular weight excluding hydrogens is 459 g/mol. The molecule has 9 heteroatoms. The van der Waals surface area contributed by atoms with Crippen LogP contribution >= 0.6 is 27.5 Å². The van der Waals surface area contributed by atoms with Gasteiger partial charge in [0.1, 0.15) is 11.3 Å². The fourth-order valence-electron chi connectivity index (χ4n) is 2.56. The molecule has 3 heterocycles. The third-order valence-electron chi connectivity index (χ3n) is 4.15. The van der Waals surface area contributed by atoms with Gasteiger partial charge in [-0.2, -0.15) is 13.2 Å². The van der Waals surface area contributed by atoms with Gasteiger partial charge in [0.15, 0.2) is 0 Å². The van der Waals surface area contributed by atoms with Crippen LogP contribution in [0.2, 0.25) is 5.15 Å². The molecule has 1 fully saturated rings. The molecule has 0 saturated carbocycles. The second-order valence-electron chi connectivity index (χ2n) is 7.24. The molecule has 1 aliphatic rings. The van der Waals surface area contributed by atoms with E-state index < -0.39 is 11.7 Å². The molecule has 0 bridgehead atoms. The van der Waals surface area contributed by atoms with Crippen molar-refractivity contribution in [1.29, 1.82) is 0 Å². The lowest BCUT2D eigenvalue weighted by molar-refractivity contribution is -0.137. The Labute approximate surface area is 176 Å². The van der Waals surface area contributed by atoms with E-state index in [1.54, 1.807) is 0 Å². The maximum absolute atomic E-state index is 11.8. The number of hydrogen-bond acceptors (Lipinski definition) is 4. The number of alkyl halides is 3. The Hall–Kier alpha value is -1.22. The van der Waals surface area contributed by atoms with E-state index in [0.29, 0.717) is 6.20 Å². The molecule has 28 heavy (non-hydrogen) atoms. The van der Waals surface area contributed by atoms with Gasteiger partial charge in [-0.05, 0) is 61.0 Å². The van der Waals surface area contributed by atoms with Crippen molar-refractivity contribution in [2.45, 2.75) is 38.6 Å². The molecule has 0 N–H and O–H groups in total. The van der Waals surface area contributed by atoms with Crippen molar-refractivity contribution in [2.24, 2.45) is 0 Å². The van der Waals surface area contributed by atoms with Gasteiger partial charge in [0.2, 0.25) is 0 Å². The lowest BCUT2D eigenvalue weighted by Crippen LogP contribution is -2.49. The predicted molar refractivity (Wildman–Crippen MR) is 106 cm³/mol. The average Bonchev–Trinajstić information content (AvgIpc) is 2.62. The minimum Gasteiger partial charge on any atom is -0.369 e. The smallest absolute Gasteiger partial charge is 0.369 e. The van der Waals surface area contributed by atoms with E-state index in [4.69, 9.17) is 16.3 Å². The largest absolute Gasteiger partial charge is 0.417 e. The molecule has 1 aliphatic heterocycles. The zero-order valence-electron chi connectivity index (χ0n) is 15.8. The van der Waals surface area contributed by atoms with Crippen LogP contribution in [0.25, 0.3) is 0 Å². The van der Waals surface area contributed by atoms with Gasteiger partial charge in [-0.25, -0.2) is 4.98 Å². The van der Waals surface area contributed by atoms with E-state index in [0.717, 1.165) is 42.0 Å². The van der Waals surface area contributed by atoms with Gasteiger partial charge in [0, 0.05) is 35.5 Å². The van der Waals surface area contributed by atoms with Gasteiger partial charge < -0.3 is 4.74 Å². The summed E-state index contributed by atoms with van der Waals surface area (Å²) < 4.78 is 42.3. The maximum Gasteiger partial charge on any atom is 0.417 e. The minimum absolute atomic E-state index is 0.0537. The van der Waals surface area contributed by atoms with Crippen LogP contribution in [0.1, 0.15) is 38.1 Å². The number of halogens is 5. The summed E-state index contributed by atoms with van der Waals surface area (Å²) in [5, 5.41) is 0.0537. The Morgan fingerprint density at radius 3 is 2.32 bits per heavy atom. The van der Waals surface area contributed by atoms with Crippen molar-refractivity contribution in [3.8, 4) is 0 Å². The number of aromatic nitrogens is 2. The van der Waals surface area contributed by atoms with Gasteiger partial charge in [-0.3, -0.25) is 9.88 Å². The minimum atomic E-state index is -4.34. The van der Waals surface area contributed by atoms with Crippen LogP contribution in [0.5, 0.6) is 0 Å². The fraction of sp³-hybridized carbons (Fsp3) is 0.474. The van der Waals surface area contributed by atoms with Crippen molar-refractivity contribution >= 4 is 27.5 Å². The van der Waals surface area contributed by atoms with Crippen molar-refractivity contribution < 1.29 is 17.9 Å². The summed E-state index contributed by atoms with van der Waals surface area (Å²) in [5.41, 5.74) is 0.418. The van der Waals surface area contributed by atoms with Crippen LogP contribution in [0.3, 0.4) is 0 Å². The SMILES string of the molecule is CC(C)(C)N1CCOC(c2ccc(Br)cn2)C1.FC(F)(F)c1ccc(Cl)nc1. The molecular formula is C19H22BrClF3N3O. The fourth-order valence-corrected chi connectivity index (χ4v) is 2.91. The summed E-state index contributed by atoms with van der Waals surface area (Å²) in [6, 6.07) is 6.03. The molecule has 2 aromatic heterocycles. The van der Waals surface area contributed by atoms with E-state index in [2.05, 4.69) is 51.6 Å². The number of pyridine rings is 2. The first-order valence-electron chi connectivity index (χ1n) is 8.63. The highest BCUT2D eigenvalue weighted by molar-refractivity contribution is 9.10. The molecule has 154 valence electrons. The summed E-state index contributed by atoms with van der Waals surface area (Å²) in [5.74, 6) is 0. The zero-order valence-corrected chi connectivity index (χ0v) is 18.1. The lowest BCUT2D eigenvalue weighted by atomic mass is 10.0. The Morgan fingerprint density at radius 1 is 1.11 bits per heavy atom. The molecule has 1 unspecified atom stereocenters. The van der Waals surface area contributed by atoms with E-state index in [-0.39, 0.29) is 16.8 Å². The molecule has 4 nitrogen and oxygen atoms in total. The zero-order chi connectivity index (χ0) is 20.9. The van der Waals surface area contributed by atoms with E-state index in [1.165, 1.54) is 0 Å². The molecule has 0 aliphatic carbocycles. The van der Waals surface area contributed by atoms with Crippen LogP contribution in [0.15, 0.2) is 41.1 Å². The Morgan fingerprint density at radius 2 is 1.82 bits per heavy atom. The number of ether oxygens (including phenoxy) is 1. The molecule has 0 aromatic carbocycles. The molecule has 1 atom stereocenters. The number of rotatable bonds is 1. The van der Waals surface area contributed by atoms with Crippen molar-refractivity contribution in [3.05, 3.63) is 57.5 Å². The standard InChI is InChI=1S/C13H19BrN2O.C6H3ClF3N/c1-13(2,3)16-6-7-17-12(9-16)11-5-4-10(14)8-15-11;7-5-2-1-4(3-11-5)6(8,9)10/h4-5,8,12H,6-7,9H2,1-3H3;1-3H. The van der Waals surface area contributed by atoms with Crippen LogP contribution < -0.4 is 0 Å². The number of hydrogen-bond donors (Lipinski definition) is 0. The summed E-state index contributed by atoms with van der Waals surface area (Å²) in [4.78, 5) is 10.2. The number of morpholine rings is 1. The Balaban J connectivity index is 0.000000221. The quantitative estimate of drug-likeness (QED) is 0.486. The van der Waals surface area contributed by atoms with Crippen molar-refractivity contribution in [2.75, 3.05) is 19.7 Å². The van der Waals surface area contributed by atoms with Crippen LogP contribution in [-0.4, -0.2) is 40.1 Å². The normalized spacial score (nSPS) is 18.4. The first-order valence-corrected chi connectivity index (χ1v) is 9.81. The van der Waals surface area contributed by atoms with E-state index >= 15 is 0 Å². The predicted octanol–water partition coefficient (Wildman–Crippen LogP) is 5.77. The van der Waals surface area contributed by atoms with Gasteiger partial charge >= 0.3 is 6.18 Å². The highest BCUT2D eigenvalue weighted by Gasteiger charge is 2.31. The first-order chi connectivity index (χ1) is 13.0. The summed E-state index contributed by atoms with van der Waals surface area (Å²) in [6.07, 6.45) is -1.72. The number of nitrogens with zero attached hydrogens (tertiary/aromatic N) is 3. The lowest BCUT2D eigenvalue weighted by Gasteiger charge is -2.41. The molecule has 3 rings (SSSR count). The highest BCUT2D eigenvalue weighted by Crippen LogP contribution is 2.29. The average molecular weight is 481 g/mol. The summed E-state index contributed by atoms with van der Waals surface area (Å²) >= 11 is 8.68. The highest BCUT2D eigenvalue weighted by atomic mass is 79.9. The van der Waals surface area contributed by atoms with Gasteiger partial charge in [-0.15, -0.1) is 0 Å². The Bertz CT molecular complexity index is 749. The van der Waals surface area contributed by atoms with Crippen LogP contribution in [-0.2, 0) is 10.9 Å². The second-order valence-corrected chi connectivity index (χ2v) is 8.55. The first kappa shape index (κ1) is 23.1. The van der Waals surface area contributed by atoms with E-state index in [1.807, 2.05) is 18.3 Å². The van der Waals surface area contributed by atoms with Gasteiger partial charge in [-0.1, -0.05) is 11.6 Å². The molecule has 0 radical (unpaired) electrons. The topological polar surface area (TPSA) is 38.2 Å². The summed E-state index contributed by atoms with van der Waals surface area (Å²) in [7, 11) is 0. The maximum atomic E-state index is 11.8. The van der Waals surface area contributed by atoms with Crippen molar-refractivity contribution in [3.63, 3.8) is 0 Å². The second kappa shape index (κ2) is 9.52. The van der Waals surface area contributed by atoms with E-state index in [9.17, 15) is 13.2 Å². The molecule has 0 amide bonds. The summed E-state index contributed by atoms with van der Waals surface area (Å²) in [6.45, 7) is 9.41. The molecule has 0 spiro atoms.